The van der Waals surface area contributed by atoms with Gasteiger partial charge in [-0.05, 0) is 36.8 Å². The lowest BCUT2D eigenvalue weighted by atomic mass is 10.1. The lowest BCUT2D eigenvalue weighted by Gasteiger charge is -2.30. The molecular weight excluding hydrogens is 308 g/mol. The number of pyridine rings is 1. The molecule has 6 nitrogen and oxygen atoms in total. The predicted octanol–water partition coefficient (Wildman–Crippen LogP) is 3.70. The van der Waals surface area contributed by atoms with Gasteiger partial charge in [-0.1, -0.05) is 6.07 Å². The molecule has 3 rings (SSSR count). The van der Waals surface area contributed by atoms with Gasteiger partial charge in [0, 0.05) is 38.2 Å². The number of likely N-dealkylation sites (tertiary alicyclic amines) is 1. The van der Waals surface area contributed by atoms with E-state index in [1.165, 1.54) is 4.90 Å². The van der Waals surface area contributed by atoms with Gasteiger partial charge in [0.1, 0.15) is 17.6 Å². The zero-order valence-corrected chi connectivity index (χ0v) is 13.5. The Labute approximate surface area is 140 Å². The van der Waals surface area contributed by atoms with E-state index in [1.807, 2.05) is 43.3 Å². The van der Waals surface area contributed by atoms with Crippen molar-refractivity contribution in [2.45, 2.75) is 25.9 Å². The molecule has 0 saturated carbocycles. The van der Waals surface area contributed by atoms with Crippen molar-refractivity contribution >= 4 is 6.09 Å². The summed E-state index contributed by atoms with van der Waals surface area (Å²) in [5, 5.41) is 8.95. The lowest BCUT2D eigenvalue weighted by Crippen LogP contribution is -2.41. The van der Waals surface area contributed by atoms with E-state index in [4.69, 9.17) is 14.6 Å². The van der Waals surface area contributed by atoms with Crippen LogP contribution in [0.3, 0.4) is 0 Å². The van der Waals surface area contributed by atoms with Crippen LogP contribution in [0.2, 0.25) is 0 Å². The van der Waals surface area contributed by atoms with Crippen LogP contribution in [0.25, 0.3) is 0 Å². The van der Waals surface area contributed by atoms with Crippen molar-refractivity contribution in [3.8, 4) is 17.4 Å². The van der Waals surface area contributed by atoms with E-state index < -0.39 is 6.09 Å². The Morgan fingerprint density at radius 2 is 1.79 bits per heavy atom. The molecule has 1 N–H and O–H groups in total. The van der Waals surface area contributed by atoms with Crippen molar-refractivity contribution in [3.05, 3.63) is 48.2 Å². The van der Waals surface area contributed by atoms with Crippen LogP contribution in [0.4, 0.5) is 4.79 Å². The molecule has 2 heterocycles. The molecule has 1 saturated heterocycles. The number of rotatable bonds is 4. The average Bonchev–Trinajstić information content (AvgIpc) is 2.59. The van der Waals surface area contributed by atoms with E-state index in [-0.39, 0.29) is 6.10 Å². The van der Waals surface area contributed by atoms with Crippen LogP contribution in [0.5, 0.6) is 17.4 Å². The predicted molar refractivity (Wildman–Crippen MR) is 88.7 cm³/mol. The molecule has 24 heavy (non-hydrogen) atoms. The maximum atomic E-state index is 10.9. The van der Waals surface area contributed by atoms with Gasteiger partial charge in [0.2, 0.25) is 5.88 Å². The highest BCUT2D eigenvalue weighted by atomic mass is 16.5. The molecule has 126 valence electrons. The van der Waals surface area contributed by atoms with Gasteiger partial charge >= 0.3 is 6.09 Å². The molecule has 0 spiro atoms. The summed E-state index contributed by atoms with van der Waals surface area (Å²) >= 11 is 0. The van der Waals surface area contributed by atoms with Gasteiger partial charge in [0.25, 0.3) is 0 Å². The molecule has 0 atom stereocenters. The maximum Gasteiger partial charge on any atom is 0.407 e. The first-order valence-electron chi connectivity index (χ1n) is 7.95. The normalized spacial score (nSPS) is 15.1. The van der Waals surface area contributed by atoms with Crippen molar-refractivity contribution in [1.29, 1.82) is 0 Å². The van der Waals surface area contributed by atoms with Gasteiger partial charge in [-0.3, -0.25) is 0 Å². The van der Waals surface area contributed by atoms with Crippen molar-refractivity contribution < 1.29 is 19.4 Å². The van der Waals surface area contributed by atoms with Gasteiger partial charge < -0.3 is 19.5 Å². The molecule has 1 amide bonds. The third-order valence-corrected chi connectivity index (χ3v) is 3.95. The number of nitrogens with zero attached hydrogens (tertiary/aromatic N) is 2. The number of piperidine rings is 1. The molecule has 1 aromatic carbocycles. The standard InChI is InChI=1S/C18H20N2O4/c1-13-2-7-17(19-12-13)24-15-5-3-14(4-6-15)23-16-8-10-20(11-9-16)18(21)22/h2-7,12,16H,8-11H2,1H3,(H,21,22). The highest BCUT2D eigenvalue weighted by Crippen LogP contribution is 2.24. The molecule has 0 radical (unpaired) electrons. The van der Waals surface area contributed by atoms with Gasteiger partial charge in [-0.25, -0.2) is 9.78 Å². The summed E-state index contributed by atoms with van der Waals surface area (Å²) in [6, 6.07) is 11.2. The Balaban J connectivity index is 1.53. The highest BCUT2D eigenvalue weighted by Gasteiger charge is 2.23. The van der Waals surface area contributed by atoms with E-state index in [9.17, 15) is 4.79 Å². The number of hydrogen-bond donors (Lipinski definition) is 1. The minimum absolute atomic E-state index is 0.0473. The first kappa shape index (κ1) is 16.1. The maximum absolute atomic E-state index is 10.9. The summed E-state index contributed by atoms with van der Waals surface area (Å²) in [7, 11) is 0. The van der Waals surface area contributed by atoms with E-state index in [2.05, 4.69) is 4.98 Å². The Morgan fingerprint density at radius 1 is 1.12 bits per heavy atom. The first-order chi connectivity index (χ1) is 11.6. The second-order valence-electron chi connectivity index (χ2n) is 5.83. The summed E-state index contributed by atoms with van der Waals surface area (Å²) in [5.41, 5.74) is 1.08. The summed E-state index contributed by atoms with van der Waals surface area (Å²) in [4.78, 5) is 16.5. The van der Waals surface area contributed by atoms with Crippen LogP contribution in [0, 0.1) is 6.92 Å². The van der Waals surface area contributed by atoms with E-state index >= 15 is 0 Å². The molecule has 1 aromatic heterocycles. The number of aryl methyl sites for hydroxylation is 1. The zero-order valence-electron chi connectivity index (χ0n) is 13.5. The zero-order chi connectivity index (χ0) is 16.9. The van der Waals surface area contributed by atoms with E-state index in [1.54, 1.807) is 6.20 Å². The fourth-order valence-corrected chi connectivity index (χ4v) is 2.58. The molecule has 0 unspecified atom stereocenters. The van der Waals surface area contributed by atoms with Gasteiger partial charge in [-0.2, -0.15) is 0 Å². The monoisotopic (exact) mass is 328 g/mol. The number of carboxylic acid groups (broad SMARTS) is 1. The molecule has 6 heteroatoms. The number of carbonyl (C=O) groups is 1. The van der Waals surface area contributed by atoms with Crippen LogP contribution in [0.15, 0.2) is 42.6 Å². The molecule has 1 aliphatic rings. The Kier molecular flexibility index (Phi) is 4.84. The second-order valence-corrected chi connectivity index (χ2v) is 5.83. The first-order valence-corrected chi connectivity index (χ1v) is 7.95. The van der Waals surface area contributed by atoms with Crippen molar-refractivity contribution in [3.63, 3.8) is 0 Å². The van der Waals surface area contributed by atoms with Crippen molar-refractivity contribution in [2.24, 2.45) is 0 Å². The minimum Gasteiger partial charge on any atom is -0.490 e. The van der Waals surface area contributed by atoms with Crippen LogP contribution >= 0.6 is 0 Å². The second kappa shape index (κ2) is 7.21. The van der Waals surface area contributed by atoms with Crippen LogP contribution in [0.1, 0.15) is 18.4 Å². The third-order valence-electron chi connectivity index (χ3n) is 3.95. The average molecular weight is 328 g/mol. The fraction of sp³-hybridized carbons (Fsp3) is 0.333. The molecule has 0 aliphatic carbocycles. The Morgan fingerprint density at radius 3 is 2.38 bits per heavy atom. The molecule has 1 fully saturated rings. The SMILES string of the molecule is Cc1ccc(Oc2ccc(OC3CCN(C(=O)O)CC3)cc2)nc1. The van der Waals surface area contributed by atoms with Gasteiger partial charge in [0.05, 0.1) is 0 Å². The Bertz CT molecular complexity index is 677. The van der Waals surface area contributed by atoms with Crippen LogP contribution in [-0.4, -0.2) is 40.3 Å². The van der Waals surface area contributed by atoms with Crippen LogP contribution < -0.4 is 9.47 Å². The number of hydrogen-bond acceptors (Lipinski definition) is 4. The third kappa shape index (κ3) is 4.16. The van der Waals surface area contributed by atoms with E-state index in [0.717, 1.165) is 11.3 Å². The minimum atomic E-state index is -0.861. The molecule has 0 bridgehead atoms. The quantitative estimate of drug-likeness (QED) is 0.926. The summed E-state index contributed by atoms with van der Waals surface area (Å²) < 4.78 is 11.6. The molecular formula is C18H20N2O4. The Hall–Kier alpha value is -2.76. The van der Waals surface area contributed by atoms with Crippen LogP contribution in [-0.2, 0) is 0 Å². The number of benzene rings is 1. The van der Waals surface area contributed by atoms with Crippen molar-refractivity contribution in [2.75, 3.05) is 13.1 Å². The number of aromatic nitrogens is 1. The van der Waals surface area contributed by atoms with Gasteiger partial charge in [-0.15, -0.1) is 0 Å². The summed E-state index contributed by atoms with van der Waals surface area (Å²) in [6.45, 7) is 3.00. The number of ether oxygens (including phenoxy) is 2. The summed E-state index contributed by atoms with van der Waals surface area (Å²) in [5.74, 6) is 2.00. The van der Waals surface area contributed by atoms with Gasteiger partial charge in [0.15, 0.2) is 0 Å². The smallest absolute Gasteiger partial charge is 0.407 e. The largest absolute Gasteiger partial charge is 0.490 e. The lowest BCUT2D eigenvalue weighted by molar-refractivity contribution is 0.0894. The fourth-order valence-electron chi connectivity index (χ4n) is 2.58. The highest BCUT2D eigenvalue weighted by molar-refractivity contribution is 5.65. The van der Waals surface area contributed by atoms with Crippen molar-refractivity contribution in [1.82, 2.24) is 9.88 Å². The van der Waals surface area contributed by atoms with E-state index in [0.29, 0.717) is 37.6 Å². The molecule has 2 aromatic rings. The number of amides is 1. The molecule has 1 aliphatic heterocycles. The summed E-state index contributed by atoms with van der Waals surface area (Å²) in [6.07, 6.45) is 2.36. The topological polar surface area (TPSA) is 71.9 Å².